The van der Waals surface area contributed by atoms with Gasteiger partial charge in [-0.2, -0.15) is 0 Å². The van der Waals surface area contributed by atoms with Crippen LogP contribution in [0.3, 0.4) is 0 Å². The quantitative estimate of drug-likeness (QED) is 0.646. The van der Waals surface area contributed by atoms with Gasteiger partial charge in [-0.1, -0.05) is 30.3 Å². The van der Waals surface area contributed by atoms with E-state index in [1.807, 2.05) is 38.5 Å². The lowest BCUT2D eigenvalue weighted by molar-refractivity contribution is 0.390. The maximum atomic E-state index is 4.51. The van der Waals surface area contributed by atoms with Gasteiger partial charge in [0, 0.05) is 27.2 Å². The zero-order valence-electron chi connectivity index (χ0n) is 15.4. The van der Waals surface area contributed by atoms with Crippen molar-refractivity contribution in [3.63, 3.8) is 0 Å². The Balaban J connectivity index is 1.55. The van der Waals surface area contributed by atoms with Gasteiger partial charge in [-0.3, -0.25) is 4.99 Å². The van der Waals surface area contributed by atoms with Crippen LogP contribution in [0.1, 0.15) is 12.2 Å². The lowest BCUT2D eigenvalue weighted by atomic mass is 10.1. The lowest BCUT2D eigenvalue weighted by Crippen LogP contribution is -2.41. The zero-order valence-corrected chi connectivity index (χ0v) is 15.4. The van der Waals surface area contributed by atoms with Crippen LogP contribution >= 0.6 is 0 Å². The second kappa shape index (κ2) is 8.16. The number of imidazole rings is 1. The van der Waals surface area contributed by atoms with Gasteiger partial charge in [-0.05, 0) is 31.5 Å². The van der Waals surface area contributed by atoms with E-state index in [2.05, 4.69) is 49.3 Å². The van der Waals surface area contributed by atoms with E-state index in [0.717, 1.165) is 36.1 Å². The van der Waals surface area contributed by atoms with Gasteiger partial charge in [-0.15, -0.1) is 0 Å². The molecule has 0 saturated carbocycles. The number of aromatic amines is 1. The molecule has 2 aromatic rings. The first-order valence-corrected chi connectivity index (χ1v) is 8.85. The molecule has 0 aliphatic carbocycles. The van der Waals surface area contributed by atoms with E-state index >= 15 is 0 Å². The summed E-state index contributed by atoms with van der Waals surface area (Å²) in [4.78, 5) is 16.8. The molecule has 3 rings (SSSR count). The highest BCUT2D eigenvalue weighted by Crippen LogP contribution is 2.16. The lowest BCUT2D eigenvalue weighted by Gasteiger charge is -2.22. The van der Waals surface area contributed by atoms with E-state index in [9.17, 15) is 0 Å². The van der Waals surface area contributed by atoms with E-state index in [1.54, 1.807) is 0 Å². The molecule has 1 aromatic heterocycles. The fraction of sp³-hybridized carbons (Fsp3) is 0.474. The third kappa shape index (κ3) is 4.60. The second-order valence-corrected chi connectivity index (χ2v) is 6.81. The average Bonchev–Trinajstić information content (AvgIpc) is 3.25. The molecule has 1 aromatic carbocycles. The fourth-order valence-corrected chi connectivity index (χ4v) is 3.32. The molecule has 1 aliphatic heterocycles. The van der Waals surface area contributed by atoms with Crippen molar-refractivity contribution >= 4 is 5.96 Å². The average molecular weight is 340 g/mol. The minimum absolute atomic E-state index is 0.692. The summed E-state index contributed by atoms with van der Waals surface area (Å²) in [5, 5.41) is 3.50. The summed E-state index contributed by atoms with van der Waals surface area (Å²) < 4.78 is 0. The van der Waals surface area contributed by atoms with Crippen LogP contribution in [0.25, 0.3) is 11.3 Å². The summed E-state index contributed by atoms with van der Waals surface area (Å²) in [5.41, 5.74) is 2.19. The number of hydrogen-bond donors (Lipinski definition) is 2. The Labute approximate surface area is 150 Å². The van der Waals surface area contributed by atoms with Gasteiger partial charge < -0.3 is 20.1 Å². The van der Waals surface area contributed by atoms with Crippen LogP contribution in [0.2, 0.25) is 0 Å². The first-order chi connectivity index (χ1) is 12.2. The molecule has 0 radical (unpaired) electrons. The molecule has 1 aliphatic rings. The normalized spacial score (nSPS) is 18.5. The third-order valence-electron chi connectivity index (χ3n) is 4.71. The predicted molar refractivity (Wildman–Crippen MR) is 102 cm³/mol. The van der Waals surface area contributed by atoms with Crippen molar-refractivity contribution in [1.29, 1.82) is 0 Å². The summed E-state index contributed by atoms with van der Waals surface area (Å²) in [6.07, 6.45) is 3.14. The maximum Gasteiger partial charge on any atom is 0.193 e. The van der Waals surface area contributed by atoms with Crippen LogP contribution in [0.5, 0.6) is 0 Å². The molecule has 0 amide bonds. The molecule has 2 heterocycles. The van der Waals surface area contributed by atoms with Gasteiger partial charge in [-0.25, -0.2) is 4.98 Å². The van der Waals surface area contributed by atoms with Crippen molar-refractivity contribution in [2.45, 2.75) is 13.0 Å². The van der Waals surface area contributed by atoms with Crippen LogP contribution in [0.15, 0.2) is 41.5 Å². The number of aliphatic imine (C=N–C) groups is 1. The largest absolute Gasteiger partial charge is 0.356 e. The van der Waals surface area contributed by atoms with Crippen LogP contribution in [-0.4, -0.2) is 66.5 Å². The minimum Gasteiger partial charge on any atom is -0.356 e. The molecule has 1 fully saturated rings. The molecular weight excluding hydrogens is 312 g/mol. The number of benzene rings is 1. The predicted octanol–water partition coefficient (Wildman–Crippen LogP) is 2.04. The Morgan fingerprint density at radius 3 is 2.88 bits per heavy atom. The van der Waals surface area contributed by atoms with Crippen molar-refractivity contribution in [2.24, 2.45) is 10.9 Å². The smallest absolute Gasteiger partial charge is 0.193 e. The number of nitrogens with zero attached hydrogens (tertiary/aromatic N) is 4. The van der Waals surface area contributed by atoms with Crippen LogP contribution in [0, 0.1) is 5.92 Å². The van der Waals surface area contributed by atoms with Gasteiger partial charge >= 0.3 is 0 Å². The van der Waals surface area contributed by atoms with Gasteiger partial charge in [0.15, 0.2) is 5.96 Å². The summed E-state index contributed by atoms with van der Waals surface area (Å²) >= 11 is 0. The molecule has 1 saturated heterocycles. The number of H-pyrrole nitrogens is 1. The first-order valence-electron chi connectivity index (χ1n) is 8.85. The number of guanidine groups is 1. The Kier molecular flexibility index (Phi) is 5.71. The summed E-state index contributed by atoms with van der Waals surface area (Å²) in [5.74, 6) is 2.54. The number of hydrogen-bond acceptors (Lipinski definition) is 3. The number of rotatable bonds is 5. The molecule has 25 heavy (non-hydrogen) atoms. The third-order valence-corrected chi connectivity index (χ3v) is 4.71. The summed E-state index contributed by atoms with van der Waals surface area (Å²) in [6, 6.07) is 10.3. The topological polar surface area (TPSA) is 59.6 Å². The van der Waals surface area contributed by atoms with E-state index in [4.69, 9.17) is 0 Å². The van der Waals surface area contributed by atoms with Crippen molar-refractivity contribution in [3.8, 4) is 11.3 Å². The van der Waals surface area contributed by atoms with E-state index in [1.165, 1.54) is 13.0 Å². The molecule has 2 N–H and O–H groups in total. The second-order valence-electron chi connectivity index (χ2n) is 6.81. The highest BCUT2D eigenvalue weighted by Gasteiger charge is 2.20. The first kappa shape index (κ1) is 17.5. The molecular formula is C19H28N6. The van der Waals surface area contributed by atoms with Crippen molar-refractivity contribution < 1.29 is 0 Å². The molecule has 6 nitrogen and oxygen atoms in total. The maximum absolute atomic E-state index is 4.51. The van der Waals surface area contributed by atoms with Crippen LogP contribution in [0.4, 0.5) is 0 Å². The molecule has 0 spiro atoms. The Morgan fingerprint density at radius 2 is 2.20 bits per heavy atom. The molecule has 0 bridgehead atoms. The summed E-state index contributed by atoms with van der Waals surface area (Å²) in [6.45, 7) is 4.01. The van der Waals surface area contributed by atoms with Gasteiger partial charge in [0.05, 0.1) is 18.4 Å². The monoisotopic (exact) mass is 340 g/mol. The molecule has 134 valence electrons. The fourth-order valence-electron chi connectivity index (χ4n) is 3.32. The van der Waals surface area contributed by atoms with Crippen molar-refractivity contribution in [2.75, 3.05) is 40.8 Å². The Bertz CT molecular complexity index is 693. The number of nitrogens with one attached hydrogen (secondary N) is 2. The van der Waals surface area contributed by atoms with Crippen LogP contribution in [-0.2, 0) is 6.54 Å². The molecule has 1 atom stereocenters. The minimum atomic E-state index is 0.692. The summed E-state index contributed by atoms with van der Waals surface area (Å²) in [7, 11) is 6.06. The highest BCUT2D eigenvalue weighted by atomic mass is 15.3. The van der Waals surface area contributed by atoms with Crippen molar-refractivity contribution in [1.82, 2.24) is 25.1 Å². The zero-order chi connectivity index (χ0) is 17.6. The van der Waals surface area contributed by atoms with E-state index < -0.39 is 0 Å². The molecule has 6 heteroatoms. The number of likely N-dealkylation sites (tertiary alicyclic amines) is 1. The Morgan fingerprint density at radius 1 is 1.40 bits per heavy atom. The van der Waals surface area contributed by atoms with Crippen molar-refractivity contribution in [3.05, 3.63) is 42.4 Å². The highest BCUT2D eigenvalue weighted by molar-refractivity contribution is 5.79. The SMILES string of the molecule is CN=C(NCC1CCN(C)C1)N(C)Cc1ncc(-c2ccccc2)[nH]1. The van der Waals surface area contributed by atoms with E-state index in [-0.39, 0.29) is 0 Å². The van der Waals surface area contributed by atoms with Gasteiger partial charge in [0.1, 0.15) is 5.82 Å². The van der Waals surface area contributed by atoms with Crippen LogP contribution < -0.4 is 5.32 Å². The molecule has 1 unspecified atom stereocenters. The van der Waals surface area contributed by atoms with Gasteiger partial charge in [0.2, 0.25) is 0 Å². The van der Waals surface area contributed by atoms with Gasteiger partial charge in [0.25, 0.3) is 0 Å². The Hall–Kier alpha value is -2.34. The number of aromatic nitrogens is 2. The van der Waals surface area contributed by atoms with E-state index in [0.29, 0.717) is 12.5 Å². The standard InChI is InChI=1S/C19H28N6/c1-20-19(22-11-15-9-10-24(2)13-15)25(3)14-18-21-12-17(23-18)16-7-5-4-6-8-16/h4-8,12,15H,9-11,13-14H2,1-3H3,(H,20,22)(H,21,23).